The molecule has 0 aliphatic heterocycles. The number of nitrogens with one attached hydrogen (secondary N) is 2. The molecule has 0 saturated carbocycles. The van der Waals surface area contributed by atoms with Gasteiger partial charge in [0, 0.05) is 5.56 Å². The Kier molecular flexibility index (Phi) is 7.17. The van der Waals surface area contributed by atoms with Gasteiger partial charge in [-0.05, 0) is 31.2 Å². The van der Waals surface area contributed by atoms with E-state index in [0.29, 0.717) is 17.8 Å². The van der Waals surface area contributed by atoms with Crippen LogP contribution in [0.2, 0.25) is 0 Å². The van der Waals surface area contributed by atoms with E-state index < -0.39 is 17.7 Å². The molecule has 2 N–H and O–H groups in total. The van der Waals surface area contributed by atoms with Crippen molar-refractivity contribution in [1.82, 2.24) is 0 Å². The van der Waals surface area contributed by atoms with Gasteiger partial charge in [-0.1, -0.05) is 24.3 Å². The zero-order valence-corrected chi connectivity index (χ0v) is 15.6. The second kappa shape index (κ2) is 9.36. The number of para-hydroxylation sites is 1. The Morgan fingerprint density at radius 3 is 2.32 bits per heavy atom. The molecule has 0 heterocycles. The molecule has 2 aromatic rings. The number of alkyl halides is 3. The van der Waals surface area contributed by atoms with Gasteiger partial charge in [0.1, 0.15) is 6.54 Å². The molecule has 0 fully saturated rings. The first-order valence-electron chi connectivity index (χ1n) is 8.74. The standard InChI is InChI=1S/C20H21F3N2O3/c1-3-28-19(27)16-6-4-5-7-17(16)24-18(26)13-25(2)12-14-8-10-15(11-9-14)20(21,22)23/h4-11H,3,12-13H2,1-2H3,(H,24,26)/p+1. The molecule has 1 atom stereocenters. The Bertz CT molecular complexity index is 820. The number of anilines is 1. The molecule has 8 heteroatoms. The Morgan fingerprint density at radius 2 is 1.71 bits per heavy atom. The Balaban J connectivity index is 1.95. The number of halogens is 3. The van der Waals surface area contributed by atoms with Crippen molar-refractivity contribution < 1.29 is 32.4 Å². The Morgan fingerprint density at radius 1 is 1.07 bits per heavy atom. The lowest BCUT2D eigenvalue weighted by atomic mass is 10.1. The van der Waals surface area contributed by atoms with Crippen LogP contribution in [0.5, 0.6) is 0 Å². The van der Waals surface area contributed by atoms with E-state index in [1.807, 2.05) is 0 Å². The monoisotopic (exact) mass is 395 g/mol. The SMILES string of the molecule is CCOC(=O)c1ccccc1NC(=O)C[NH+](C)Cc1ccc(C(F)(F)F)cc1. The second-order valence-electron chi connectivity index (χ2n) is 6.32. The summed E-state index contributed by atoms with van der Waals surface area (Å²) in [5, 5.41) is 2.69. The number of amides is 1. The third-order valence-electron chi connectivity index (χ3n) is 3.95. The minimum Gasteiger partial charge on any atom is -0.462 e. The number of likely N-dealkylation sites (N-methyl/N-ethyl adjacent to an activating group) is 1. The lowest BCUT2D eigenvalue weighted by molar-refractivity contribution is -0.885. The molecule has 150 valence electrons. The maximum atomic E-state index is 12.6. The van der Waals surface area contributed by atoms with Crippen LogP contribution >= 0.6 is 0 Å². The van der Waals surface area contributed by atoms with Gasteiger partial charge in [-0.25, -0.2) is 4.79 Å². The third kappa shape index (κ3) is 6.09. The quantitative estimate of drug-likeness (QED) is 0.709. The summed E-state index contributed by atoms with van der Waals surface area (Å²) in [5.41, 5.74) is 0.596. The molecule has 0 radical (unpaired) electrons. The number of carbonyl (C=O) groups excluding carboxylic acids is 2. The van der Waals surface area contributed by atoms with Gasteiger partial charge < -0.3 is 15.0 Å². The molecule has 2 aromatic carbocycles. The van der Waals surface area contributed by atoms with E-state index in [1.54, 1.807) is 38.2 Å². The first-order chi connectivity index (χ1) is 13.2. The maximum Gasteiger partial charge on any atom is 0.416 e. The van der Waals surface area contributed by atoms with Crippen LogP contribution in [-0.4, -0.2) is 32.1 Å². The molecule has 1 amide bonds. The van der Waals surface area contributed by atoms with Gasteiger partial charge in [0.2, 0.25) is 0 Å². The molecule has 0 spiro atoms. The molecule has 0 saturated heterocycles. The van der Waals surface area contributed by atoms with E-state index in [9.17, 15) is 22.8 Å². The van der Waals surface area contributed by atoms with Crippen molar-refractivity contribution in [2.45, 2.75) is 19.6 Å². The number of rotatable bonds is 7. The van der Waals surface area contributed by atoms with Gasteiger partial charge >= 0.3 is 12.1 Å². The zero-order chi connectivity index (χ0) is 20.7. The lowest BCUT2D eigenvalue weighted by Crippen LogP contribution is -3.08. The van der Waals surface area contributed by atoms with Crippen LogP contribution in [0.4, 0.5) is 18.9 Å². The van der Waals surface area contributed by atoms with Crippen molar-refractivity contribution >= 4 is 17.6 Å². The summed E-state index contributed by atoms with van der Waals surface area (Å²) in [6.07, 6.45) is -4.37. The fourth-order valence-corrected chi connectivity index (χ4v) is 2.67. The molecular weight excluding hydrogens is 373 g/mol. The number of ether oxygens (including phenoxy) is 1. The van der Waals surface area contributed by atoms with Crippen LogP contribution in [0.1, 0.15) is 28.4 Å². The highest BCUT2D eigenvalue weighted by Gasteiger charge is 2.30. The van der Waals surface area contributed by atoms with Crippen LogP contribution < -0.4 is 10.2 Å². The van der Waals surface area contributed by atoms with Gasteiger partial charge in [-0.2, -0.15) is 13.2 Å². The predicted molar refractivity (Wildman–Crippen MR) is 97.9 cm³/mol. The van der Waals surface area contributed by atoms with E-state index in [1.165, 1.54) is 12.1 Å². The fourth-order valence-electron chi connectivity index (χ4n) is 2.67. The average molecular weight is 395 g/mol. The van der Waals surface area contributed by atoms with Crippen LogP contribution in [0.25, 0.3) is 0 Å². The molecule has 5 nitrogen and oxygen atoms in total. The third-order valence-corrected chi connectivity index (χ3v) is 3.95. The van der Waals surface area contributed by atoms with Crippen molar-refractivity contribution in [3.8, 4) is 0 Å². The van der Waals surface area contributed by atoms with Crippen molar-refractivity contribution in [3.63, 3.8) is 0 Å². The molecular formula is C20H22F3N2O3+. The first kappa shape index (κ1) is 21.4. The number of benzene rings is 2. The Hall–Kier alpha value is -2.87. The van der Waals surface area contributed by atoms with E-state index >= 15 is 0 Å². The van der Waals surface area contributed by atoms with E-state index in [0.717, 1.165) is 17.0 Å². The van der Waals surface area contributed by atoms with Gasteiger partial charge in [0.05, 0.1) is 30.5 Å². The summed E-state index contributed by atoms with van der Waals surface area (Å²) in [4.78, 5) is 25.0. The number of hydrogen-bond acceptors (Lipinski definition) is 3. The van der Waals surface area contributed by atoms with Gasteiger partial charge in [0.25, 0.3) is 5.91 Å². The molecule has 0 aromatic heterocycles. The number of carbonyl (C=O) groups is 2. The molecule has 28 heavy (non-hydrogen) atoms. The van der Waals surface area contributed by atoms with E-state index in [2.05, 4.69) is 5.32 Å². The van der Waals surface area contributed by atoms with Crippen LogP contribution in [-0.2, 0) is 22.3 Å². The van der Waals surface area contributed by atoms with Crippen molar-refractivity contribution in [2.24, 2.45) is 0 Å². The largest absolute Gasteiger partial charge is 0.462 e. The summed E-state index contributed by atoms with van der Waals surface area (Å²) in [5.74, 6) is -0.843. The minimum absolute atomic E-state index is 0.0815. The summed E-state index contributed by atoms with van der Waals surface area (Å²) < 4.78 is 42.8. The molecule has 0 aliphatic rings. The second-order valence-corrected chi connectivity index (χ2v) is 6.32. The summed E-state index contributed by atoms with van der Waals surface area (Å²) >= 11 is 0. The minimum atomic E-state index is -4.37. The van der Waals surface area contributed by atoms with Crippen LogP contribution in [0, 0.1) is 0 Å². The van der Waals surface area contributed by atoms with Gasteiger partial charge in [-0.3, -0.25) is 4.79 Å². The van der Waals surface area contributed by atoms with Crippen LogP contribution in [0.3, 0.4) is 0 Å². The van der Waals surface area contributed by atoms with Crippen molar-refractivity contribution in [2.75, 3.05) is 25.5 Å². The molecule has 0 aliphatic carbocycles. The normalized spacial score (nSPS) is 12.3. The average Bonchev–Trinajstić information content (AvgIpc) is 2.61. The molecule has 2 rings (SSSR count). The summed E-state index contributed by atoms with van der Waals surface area (Å²) in [6, 6.07) is 11.4. The fraction of sp³-hybridized carbons (Fsp3) is 0.300. The predicted octanol–water partition coefficient (Wildman–Crippen LogP) is 2.54. The first-order valence-corrected chi connectivity index (χ1v) is 8.74. The highest BCUT2D eigenvalue weighted by molar-refractivity contribution is 6.01. The van der Waals surface area contributed by atoms with E-state index in [-0.39, 0.29) is 24.6 Å². The zero-order valence-electron chi connectivity index (χ0n) is 15.6. The van der Waals surface area contributed by atoms with Crippen LogP contribution in [0.15, 0.2) is 48.5 Å². The number of quaternary nitrogens is 1. The van der Waals surface area contributed by atoms with E-state index in [4.69, 9.17) is 4.74 Å². The maximum absolute atomic E-state index is 12.6. The number of hydrogen-bond donors (Lipinski definition) is 2. The van der Waals surface area contributed by atoms with Crippen molar-refractivity contribution in [3.05, 3.63) is 65.2 Å². The molecule has 0 bridgehead atoms. The summed E-state index contributed by atoms with van der Waals surface area (Å²) in [7, 11) is 1.76. The summed E-state index contributed by atoms with van der Waals surface area (Å²) in [6.45, 7) is 2.38. The highest BCUT2D eigenvalue weighted by Crippen LogP contribution is 2.28. The topological polar surface area (TPSA) is 59.8 Å². The number of esters is 1. The van der Waals surface area contributed by atoms with Crippen molar-refractivity contribution in [1.29, 1.82) is 0 Å². The molecule has 1 unspecified atom stereocenters. The highest BCUT2D eigenvalue weighted by atomic mass is 19.4. The van der Waals surface area contributed by atoms with Gasteiger partial charge in [-0.15, -0.1) is 0 Å². The Labute approximate surface area is 161 Å². The van der Waals surface area contributed by atoms with Gasteiger partial charge in [0.15, 0.2) is 6.54 Å². The lowest BCUT2D eigenvalue weighted by Gasteiger charge is -2.15. The smallest absolute Gasteiger partial charge is 0.416 e.